The van der Waals surface area contributed by atoms with Crippen LogP contribution in [0.1, 0.15) is 19.3 Å². The standard InChI is InChI=1S/C23H30O6/c1-28-23(27)12-8-3-2-7-11-19-20(22(26)15-21(19)25)14-13-17(24)16-29-18-9-5-4-6-10-18/h2-6,8-10,12-14,17,19-22,24-26H,7,11,15-16H2,1H3/b3-2+,12-8+,14-13+/t17-,19-,20?,21+,22-/m1/s1. The second-order valence-electron chi connectivity index (χ2n) is 7.08. The third-order valence-corrected chi connectivity index (χ3v) is 4.98. The van der Waals surface area contributed by atoms with Gasteiger partial charge in [-0.25, -0.2) is 4.79 Å². The van der Waals surface area contributed by atoms with E-state index >= 15 is 0 Å². The number of ether oxygens (including phenoxy) is 2. The van der Waals surface area contributed by atoms with Crippen LogP contribution >= 0.6 is 0 Å². The fourth-order valence-corrected chi connectivity index (χ4v) is 3.45. The summed E-state index contributed by atoms with van der Waals surface area (Å²) in [6.45, 7) is 0.117. The molecule has 1 unspecified atom stereocenters. The average Bonchev–Trinajstić information content (AvgIpc) is 3.00. The highest BCUT2D eigenvalue weighted by Crippen LogP contribution is 2.36. The number of aliphatic hydroxyl groups excluding tert-OH is 3. The number of hydrogen-bond donors (Lipinski definition) is 3. The van der Waals surface area contributed by atoms with Gasteiger partial charge in [-0.15, -0.1) is 0 Å². The largest absolute Gasteiger partial charge is 0.491 e. The summed E-state index contributed by atoms with van der Waals surface area (Å²) >= 11 is 0. The molecule has 158 valence electrons. The predicted molar refractivity (Wildman–Crippen MR) is 110 cm³/mol. The maximum Gasteiger partial charge on any atom is 0.330 e. The van der Waals surface area contributed by atoms with E-state index in [4.69, 9.17) is 4.74 Å². The normalized spacial score (nSPS) is 25.8. The van der Waals surface area contributed by atoms with Gasteiger partial charge in [0.05, 0.1) is 19.3 Å². The van der Waals surface area contributed by atoms with E-state index < -0.39 is 24.3 Å². The smallest absolute Gasteiger partial charge is 0.330 e. The number of aliphatic hydroxyl groups is 3. The molecule has 1 saturated carbocycles. The summed E-state index contributed by atoms with van der Waals surface area (Å²) in [6, 6.07) is 9.24. The van der Waals surface area contributed by atoms with Gasteiger partial charge in [0.2, 0.25) is 0 Å². The first-order valence-corrected chi connectivity index (χ1v) is 9.82. The number of hydrogen-bond acceptors (Lipinski definition) is 6. The minimum absolute atomic E-state index is 0.0993. The van der Waals surface area contributed by atoms with Crippen LogP contribution in [-0.4, -0.2) is 53.3 Å². The maximum absolute atomic E-state index is 11.0. The van der Waals surface area contributed by atoms with Crippen LogP contribution in [0.15, 0.2) is 66.8 Å². The predicted octanol–water partition coefficient (Wildman–Crippen LogP) is 2.41. The number of rotatable bonds is 10. The van der Waals surface area contributed by atoms with Gasteiger partial charge in [0.15, 0.2) is 0 Å². The van der Waals surface area contributed by atoms with E-state index in [1.165, 1.54) is 13.2 Å². The van der Waals surface area contributed by atoms with Crippen molar-refractivity contribution in [2.24, 2.45) is 11.8 Å². The molecule has 0 aromatic heterocycles. The van der Waals surface area contributed by atoms with Gasteiger partial charge in [0.25, 0.3) is 0 Å². The molecule has 1 aliphatic carbocycles. The van der Waals surface area contributed by atoms with E-state index in [9.17, 15) is 20.1 Å². The van der Waals surface area contributed by atoms with Crippen LogP contribution in [0.3, 0.4) is 0 Å². The molecule has 1 aliphatic rings. The molecule has 0 spiro atoms. The van der Waals surface area contributed by atoms with E-state index in [1.54, 1.807) is 24.3 Å². The highest BCUT2D eigenvalue weighted by molar-refractivity contribution is 5.82. The van der Waals surface area contributed by atoms with Gasteiger partial charge >= 0.3 is 5.97 Å². The first-order chi connectivity index (χ1) is 14.0. The topological polar surface area (TPSA) is 96.2 Å². The fraction of sp³-hybridized carbons (Fsp3) is 0.435. The number of para-hydroxylation sites is 1. The minimum atomic E-state index is -0.802. The van der Waals surface area contributed by atoms with Gasteiger partial charge in [-0.05, 0) is 30.9 Å². The molecule has 1 aromatic rings. The molecule has 0 saturated heterocycles. The summed E-state index contributed by atoms with van der Waals surface area (Å²) in [7, 11) is 1.32. The molecule has 0 heterocycles. The summed E-state index contributed by atoms with van der Waals surface area (Å²) in [5.41, 5.74) is 0. The van der Waals surface area contributed by atoms with Crippen molar-refractivity contribution in [3.8, 4) is 5.75 Å². The number of carbonyl (C=O) groups excluding carboxylic acids is 1. The van der Waals surface area contributed by atoms with E-state index in [2.05, 4.69) is 4.74 Å². The van der Waals surface area contributed by atoms with Gasteiger partial charge < -0.3 is 24.8 Å². The molecule has 1 fully saturated rings. The van der Waals surface area contributed by atoms with Crippen LogP contribution in [0.5, 0.6) is 5.75 Å². The molecular formula is C23H30O6. The first kappa shape index (κ1) is 22.9. The third-order valence-electron chi connectivity index (χ3n) is 4.98. The Balaban J connectivity index is 1.83. The van der Waals surface area contributed by atoms with Crippen LogP contribution < -0.4 is 4.74 Å². The van der Waals surface area contributed by atoms with Crippen molar-refractivity contribution in [3.63, 3.8) is 0 Å². The molecular weight excluding hydrogens is 372 g/mol. The van der Waals surface area contributed by atoms with E-state index in [0.29, 0.717) is 25.0 Å². The Kier molecular flexibility index (Phi) is 9.64. The molecule has 6 nitrogen and oxygen atoms in total. The van der Waals surface area contributed by atoms with Crippen molar-refractivity contribution < 1.29 is 29.6 Å². The summed E-state index contributed by atoms with van der Waals surface area (Å²) < 4.78 is 10.0. The zero-order valence-electron chi connectivity index (χ0n) is 16.6. The number of esters is 1. The molecule has 0 aliphatic heterocycles. The Hall–Kier alpha value is -2.41. The third kappa shape index (κ3) is 7.85. The second-order valence-corrected chi connectivity index (χ2v) is 7.08. The lowest BCUT2D eigenvalue weighted by atomic mass is 9.88. The highest BCUT2D eigenvalue weighted by atomic mass is 16.5. The molecule has 2 rings (SSSR count). The average molecular weight is 402 g/mol. The molecule has 0 radical (unpaired) electrons. The van der Waals surface area contributed by atoms with E-state index in [-0.39, 0.29) is 18.4 Å². The fourth-order valence-electron chi connectivity index (χ4n) is 3.45. The Morgan fingerprint density at radius 3 is 2.69 bits per heavy atom. The maximum atomic E-state index is 11.0. The Morgan fingerprint density at radius 1 is 1.21 bits per heavy atom. The number of benzene rings is 1. The lowest BCUT2D eigenvalue weighted by Crippen LogP contribution is -2.21. The molecule has 29 heavy (non-hydrogen) atoms. The SMILES string of the molecule is COC(=O)/C=C/C=C/CC[C@@H]1C(/C=C/[C@@H](O)COc2ccccc2)[C@H](O)C[C@@H]1O. The van der Waals surface area contributed by atoms with Gasteiger partial charge in [-0.1, -0.05) is 48.6 Å². The van der Waals surface area contributed by atoms with E-state index in [0.717, 1.165) is 0 Å². The van der Waals surface area contributed by atoms with Crippen molar-refractivity contribution in [3.05, 3.63) is 66.8 Å². The Labute approximate surface area is 171 Å². The van der Waals surface area contributed by atoms with Crippen molar-refractivity contribution in [1.29, 1.82) is 0 Å². The van der Waals surface area contributed by atoms with Crippen molar-refractivity contribution >= 4 is 5.97 Å². The second kappa shape index (κ2) is 12.2. The molecule has 6 heteroatoms. The summed E-state index contributed by atoms with van der Waals surface area (Å²) in [5, 5.41) is 30.7. The monoisotopic (exact) mass is 402 g/mol. The van der Waals surface area contributed by atoms with Gasteiger partial charge in [0, 0.05) is 18.4 Å². The number of methoxy groups -OCH3 is 1. The zero-order valence-corrected chi connectivity index (χ0v) is 16.6. The molecule has 3 N–H and O–H groups in total. The van der Waals surface area contributed by atoms with Crippen LogP contribution in [0, 0.1) is 11.8 Å². The lowest BCUT2D eigenvalue weighted by Gasteiger charge is -2.20. The number of allylic oxidation sites excluding steroid dienone is 3. The van der Waals surface area contributed by atoms with Crippen LogP contribution in [-0.2, 0) is 9.53 Å². The Morgan fingerprint density at radius 2 is 1.97 bits per heavy atom. The van der Waals surface area contributed by atoms with Crippen LogP contribution in [0.25, 0.3) is 0 Å². The molecule has 5 atom stereocenters. The molecule has 1 aromatic carbocycles. The Bertz CT molecular complexity index is 697. The van der Waals surface area contributed by atoms with Crippen LogP contribution in [0.2, 0.25) is 0 Å². The van der Waals surface area contributed by atoms with E-state index in [1.807, 2.05) is 36.4 Å². The summed E-state index contributed by atoms with van der Waals surface area (Å²) in [5.74, 6) is -0.0562. The molecule has 0 amide bonds. The van der Waals surface area contributed by atoms with Crippen LogP contribution in [0.4, 0.5) is 0 Å². The zero-order chi connectivity index (χ0) is 21.1. The quantitative estimate of drug-likeness (QED) is 0.241. The minimum Gasteiger partial charge on any atom is -0.491 e. The first-order valence-electron chi connectivity index (χ1n) is 9.82. The van der Waals surface area contributed by atoms with Gasteiger partial charge in [-0.3, -0.25) is 0 Å². The summed E-state index contributed by atoms with van der Waals surface area (Å²) in [6.07, 6.45) is 9.67. The van der Waals surface area contributed by atoms with Crippen molar-refractivity contribution in [1.82, 2.24) is 0 Å². The summed E-state index contributed by atoms with van der Waals surface area (Å²) in [4.78, 5) is 11.0. The number of carbonyl (C=O) groups is 1. The molecule has 0 bridgehead atoms. The lowest BCUT2D eigenvalue weighted by molar-refractivity contribution is -0.134. The highest BCUT2D eigenvalue weighted by Gasteiger charge is 2.39. The van der Waals surface area contributed by atoms with Crippen molar-refractivity contribution in [2.45, 2.75) is 37.6 Å². The van der Waals surface area contributed by atoms with Gasteiger partial charge in [0.1, 0.15) is 18.5 Å². The van der Waals surface area contributed by atoms with Gasteiger partial charge in [-0.2, -0.15) is 0 Å². The van der Waals surface area contributed by atoms with Crippen molar-refractivity contribution in [2.75, 3.05) is 13.7 Å².